The van der Waals surface area contributed by atoms with Crippen LogP contribution >= 0.6 is 0 Å². The number of carboxylic acid groups (broad SMARTS) is 1. The Kier molecular flexibility index (Phi) is 9.64. The number of carbonyl (C=O) groups is 2. The molecule has 0 atom stereocenters. The minimum absolute atomic E-state index is 0.0168. The molecule has 4 aromatic rings. The van der Waals surface area contributed by atoms with Crippen LogP contribution in [0.2, 0.25) is 0 Å². The fraction of sp³-hybridized carbons (Fsp3) is 0.233. The van der Waals surface area contributed by atoms with Crippen LogP contribution < -0.4 is 20.3 Å². The monoisotopic (exact) mass is 584 g/mol. The van der Waals surface area contributed by atoms with Gasteiger partial charge in [0, 0.05) is 29.6 Å². The van der Waals surface area contributed by atoms with Crippen molar-refractivity contribution in [1.82, 2.24) is 14.4 Å². The standard InChI is InChI=1S/C28H31N5O2.C2HF3O2/c1-33(2,3)23-10-8-19(9-11-23)17-31-28(34)26-16-22-15-24(35-4)12-13-25(22)32(26)18-20-6-5-7-21(14-20)27(29)30;3-2(4,5)1(6)7/h5-16H,17-18H2,1-4H3,(H3-,29,30,31,34);(H,6,7)/p+1. The maximum absolute atomic E-state index is 13.3. The van der Waals surface area contributed by atoms with Crippen molar-refractivity contribution in [3.8, 4) is 5.75 Å². The number of carboxylic acids is 1. The van der Waals surface area contributed by atoms with Crippen molar-refractivity contribution < 1.29 is 32.6 Å². The first-order valence-corrected chi connectivity index (χ1v) is 12.7. The quantitative estimate of drug-likeness (QED) is 0.135. The van der Waals surface area contributed by atoms with Crippen molar-refractivity contribution in [2.24, 2.45) is 5.73 Å². The summed E-state index contributed by atoms with van der Waals surface area (Å²) in [6.07, 6.45) is -5.08. The third-order valence-electron chi connectivity index (χ3n) is 6.33. The number of nitrogens with one attached hydrogen (secondary N) is 2. The van der Waals surface area contributed by atoms with E-state index in [2.05, 4.69) is 38.6 Å². The molecule has 0 saturated heterocycles. The molecule has 42 heavy (non-hydrogen) atoms. The first-order chi connectivity index (χ1) is 19.6. The van der Waals surface area contributed by atoms with Gasteiger partial charge in [-0.2, -0.15) is 13.2 Å². The number of methoxy groups -OCH3 is 1. The van der Waals surface area contributed by atoms with Crippen LogP contribution in [0.5, 0.6) is 5.75 Å². The molecule has 4 rings (SSSR count). The molecule has 0 unspecified atom stereocenters. The fourth-order valence-electron chi connectivity index (χ4n) is 4.09. The van der Waals surface area contributed by atoms with Crippen molar-refractivity contribution in [3.63, 3.8) is 0 Å². The molecule has 9 nitrogen and oxygen atoms in total. The molecular weight excluding hydrogens is 551 g/mol. The van der Waals surface area contributed by atoms with Gasteiger partial charge in [-0.15, -0.1) is 0 Å². The van der Waals surface area contributed by atoms with E-state index < -0.39 is 12.1 Å². The number of amidine groups is 1. The molecular formula is C30H33F3N5O4+. The number of alkyl halides is 3. The van der Waals surface area contributed by atoms with E-state index in [1.54, 1.807) is 7.11 Å². The number of carbonyl (C=O) groups excluding carboxylic acids is 1. The number of fused-ring (bicyclic) bond motifs is 1. The highest BCUT2D eigenvalue weighted by Gasteiger charge is 2.38. The van der Waals surface area contributed by atoms with Crippen LogP contribution in [0, 0.1) is 5.41 Å². The third-order valence-corrected chi connectivity index (χ3v) is 6.33. The summed E-state index contributed by atoms with van der Waals surface area (Å²) in [5, 5.41) is 18.9. The highest BCUT2D eigenvalue weighted by Crippen LogP contribution is 2.26. The lowest BCUT2D eigenvalue weighted by Gasteiger charge is -2.23. The predicted octanol–water partition coefficient (Wildman–Crippen LogP) is 4.74. The molecule has 0 fully saturated rings. The van der Waals surface area contributed by atoms with E-state index in [4.69, 9.17) is 25.8 Å². The lowest BCUT2D eigenvalue weighted by atomic mass is 10.1. The topological polar surface area (TPSA) is 130 Å². The number of nitrogens with zero attached hydrogens (tertiary/aromatic N) is 2. The summed E-state index contributed by atoms with van der Waals surface area (Å²) in [6, 6.07) is 23.5. The summed E-state index contributed by atoms with van der Waals surface area (Å²) in [5.41, 5.74) is 11.0. The van der Waals surface area contributed by atoms with Crippen LogP contribution in [0.3, 0.4) is 0 Å². The number of aromatic nitrogens is 1. The number of hydrogen-bond donors (Lipinski definition) is 4. The third kappa shape index (κ3) is 8.10. The second-order valence-corrected chi connectivity index (χ2v) is 10.3. The maximum atomic E-state index is 13.3. The summed E-state index contributed by atoms with van der Waals surface area (Å²) in [7, 11) is 7.99. The minimum Gasteiger partial charge on any atom is -0.497 e. The number of quaternary nitrogens is 1. The van der Waals surface area contributed by atoms with E-state index in [1.165, 1.54) is 5.69 Å². The number of benzene rings is 3. The van der Waals surface area contributed by atoms with Gasteiger partial charge < -0.3 is 25.5 Å². The van der Waals surface area contributed by atoms with Crippen molar-refractivity contribution in [3.05, 3.63) is 95.2 Å². The van der Waals surface area contributed by atoms with Crippen molar-refractivity contribution in [1.29, 1.82) is 5.41 Å². The molecule has 5 N–H and O–H groups in total. The molecule has 0 aliphatic rings. The smallest absolute Gasteiger partial charge is 0.490 e. The lowest BCUT2D eigenvalue weighted by molar-refractivity contribution is -0.192. The molecule has 12 heteroatoms. The molecule has 0 aliphatic heterocycles. The molecule has 222 valence electrons. The second kappa shape index (κ2) is 12.8. The molecule has 0 bridgehead atoms. The second-order valence-electron chi connectivity index (χ2n) is 10.3. The maximum Gasteiger partial charge on any atom is 0.490 e. The Morgan fingerprint density at radius 2 is 1.64 bits per heavy atom. The molecule has 0 saturated carbocycles. The number of rotatable bonds is 8. The van der Waals surface area contributed by atoms with Crippen LogP contribution in [-0.2, 0) is 17.9 Å². The SMILES string of the molecule is COc1ccc2c(c1)cc(C(=O)NCc1ccc([N+](C)(C)C)cc1)n2Cc1cccc(C(=N)N)c1.O=C(O)C(F)(F)F. The number of aliphatic carboxylic acids is 1. The van der Waals surface area contributed by atoms with Gasteiger partial charge in [-0.25, -0.2) is 4.79 Å². The molecule has 0 spiro atoms. The Labute approximate surface area is 241 Å². The Hall–Kier alpha value is -4.84. The van der Waals surface area contributed by atoms with Crippen molar-refractivity contribution >= 4 is 34.3 Å². The molecule has 1 aromatic heterocycles. The van der Waals surface area contributed by atoms with E-state index in [1.807, 2.05) is 65.2 Å². The average molecular weight is 585 g/mol. The van der Waals surface area contributed by atoms with Crippen molar-refractivity contribution in [2.45, 2.75) is 19.3 Å². The zero-order valence-electron chi connectivity index (χ0n) is 23.6. The van der Waals surface area contributed by atoms with Gasteiger partial charge in [-0.3, -0.25) is 14.7 Å². The highest BCUT2D eigenvalue weighted by molar-refractivity contribution is 5.99. The van der Waals surface area contributed by atoms with Crippen LogP contribution in [0.25, 0.3) is 10.9 Å². The minimum atomic E-state index is -5.08. The Bertz CT molecular complexity index is 1590. The van der Waals surface area contributed by atoms with E-state index >= 15 is 0 Å². The Morgan fingerprint density at radius 1 is 1.00 bits per heavy atom. The van der Waals surface area contributed by atoms with Gasteiger partial charge in [0.15, 0.2) is 0 Å². The fourth-order valence-corrected chi connectivity index (χ4v) is 4.09. The summed E-state index contributed by atoms with van der Waals surface area (Å²) in [4.78, 5) is 22.2. The van der Waals surface area contributed by atoms with E-state index in [0.717, 1.165) is 32.3 Å². The Balaban J connectivity index is 0.000000616. The van der Waals surface area contributed by atoms with E-state index in [9.17, 15) is 18.0 Å². The van der Waals surface area contributed by atoms with Crippen LogP contribution in [0.4, 0.5) is 18.9 Å². The number of ether oxygens (including phenoxy) is 1. The number of nitrogen functional groups attached to an aromatic ring is 1. The van der Waals surface area contributed by atoms with Gasteiger partial charge in [0.1, 0.15) is 23.0 Å². The number of amides is 1. The van der Waals surface area contributed by atoms with Crippen LogP contribution in [0.1, 0.15) is 27.2 Å². The van der Waals surface area contributed by atoms with Crippen LogP contribution in [0.15, 0.2) is 72.8 Å². The first-order valence-electron chi connectivity index (χ1n) is 12.7. The lowest BCUT2D eigenvalue weighted by Crippen LogP contribution is -2.34. The summed E-state index contributed by atoms with van der Waals surface area (Å²) < 4.78 is 39.8. The summed E-state index contributed by atoms with van der Waals surface area (Å²) in [6.45, 7) is 0.902. The zero-order valence-corrected chi connectivity index (χ0v) is 23.6. The molecule has 0 aliphatic carbocycles. The number of hydrogen-bond acceptors (Lipinski definition) is 4. The molecule has 3 aromatic carbocycles. The first kappa shape index (κ1) is 31.7. The Morgan fingerprint density at radius 3 is 2.19 bits per heavy atom. The number of halogens is 3. The van der Waals surface area contributed by atoms with Crippen molar-refractivity contribution in [2.75, 3.05) is 28.3 Å². The van der Waals surface area contributed by atoms with Gasteiger partial charge in [0.2, 0.25) is 0 Å². The van der Waals surface area contributed by atoms with Gasteiger partial charge in [-0.1, -0.05) is 30.3 Å². The normalized spacial score (nSPS) is 11.4. The largest absolute Gasteiger partial charge is 0.497 e. The molecule has 0 radical (unpaired) electrons. The van der Waals surface area contributed by atoms with Gasteiger partial charge in [0.25, 0.3) is 5.91 Å². The van der Waals surface area contributed by atoms with Gasteiger partial charge in [-0.05, 0) is 53.6 Å². The highest BCUT2D eigenvalue weighted by atomic mass is 19.4. The molecule has 1 heterocycles. The number of nitrogens with two attached hydrogens (primary N) is 1. The summed E-state index contributed by atoms with van der Waals surface area (Å²) >= 11 is 0. The molecule has 1 amide bonds. The van der Waals surface area contributed by atoms with Crippen LogP contribution in [-0.4, -0.2) is 61.8 Å². The van der Waals surface area contributed by atoms with Gasteiger partial charge in [0.05, 0.1) is 28.3 Å². The average Bonchev–Trinajstić information content (AvgIpc) is 3.28. The predicted molar refractivity (Wildman–Crippen MR) is 156 cm³/mol. The van der Waals surface area contributed by atoms with E-state index in [-0.39, 0.29) is 11.7 Å². The van der Waals surface area contributed by atoms with E-state index in [0.29, 0.717) is 24.3 Å². The zero-order chi connectivity index (χ0) is 31.2. The summed E-state index contributed by atoms with van der Waals surface area (Å²) in [5.74, 6) is -2.16. The van der Waals surface area contributed by atoms with Gasteiger partial charge >= 0.3 is 12.1 Å².